The Morgan fingerprint density at radius 3 is 2.68 bits per heavy atom. The Labute approximate surface area is 140 Å². The van der Waals surface area contributed by atoms with Gasteiger partial charge in [0.15, 0.2) is 5.82 Å². The molecular formula is C16H14F3N3O3. The fourth-order valence-electron chi connectivity index (χ4n) is 2.78. The van der Waals surface area contributed by atoms with E-state index in [-0.39, 0.29) is 17.9 Å². The van der Waals surface area contributed by atoms with Crippen LogP contribution >= 0.6 is 0 Å². The minimum absolute atomic E-state index is 0.117. The summed E-state index contributed by atoms with van der Waals surface area (Å²) in [6.07, 6.45) is -2.74. The highest BCUT2D eigenvalue weighted by molar-refractivity contribution is 5.94. The molecule has 0 unspecified atom stereocenters. The Bertz CT molecular complexity index is 816. The van der Waals surface area contributed by atoms with Gasteiger partial charge in [0.25, 0.3) is 0 Å². The Morgan fingerprint density at radius 2 is 2.00 bits per heavy atom. The number of carbonyl (C=O) groups excluding carboxylic acids is 1. The molecule has 0 bridgehead atoms. The smallest absolute Gasteiger partial charge is 0.416 e. The van der Waals surface area contributed by atoms with E-state index in [0.29, 0.717) is 6.42 Å². The van der Waals surface area contributed by atoms with Crippen molar-refractivity contribution in [3.05, 3.63) is 47.7 Å². The fraction of sp³-hybridized carbons (Fsp3) is 0.312. The van der Waals surface area contributed by atoms with Gasteiger partial charge in [-0.3, -0.25) is 14.3 Å². The molecule has 1 saturated carbocycles. The summed E-state index contributed by atoms with van der Waals surface area (Å²) in [5.74, 6) is -2.39. The molecule has 0 spiro atoms. The van der Waals surface area contributed by atoms with Crippen molar-refractivity contribution in [1.29, 1.82) is 0 Å². The summed E-state index contributed by atoms with van der Waals surface area (Å²) in [7, 11) is 0. The predicted octanol–water partition coefficient (Wildman–Crippen LogP) is 2.73. The number of hydrogen-bond acceptors (Lipinski definition) is 3. The molecule has 6 nitrogen and oxygen atoms in total. The molecule has 1 aromatic heterocycles. The van der Waals surface area contributed by atoms with Crippen LogP contribution in [-0.2, 0) is 22.3 Å². The van der Waals surface area contributed by atoms with Crippen LogP contribution in [0.2, 0.25) is 0 Å². The van der Waals surface area contributed by atoms with E-state index in [9.17, 15) is 22.8 Å². The van der Waals surface area contributed by atoms with Gasteiger partial charge in [-0.2, -0.15) is 18.3 Å². The lowest BCUT2D eigenvalue weighted by Gasteiger charge is -2.12. The quantitative estimate of drug-likeness (QED) is 0.866. The molecule has 132 valence electrons. The third kappa shape index (κ3) is 3.81. The topological polar surface area (TPSA) is 84.2 Å². The summed E-state index contributed by atoms with van der Waals surface area (Å²) in [4.78, 5) is 22.8. The standard InChI is InChI=1S/C16H14F3N3O3/c17-16(18,19)12-4-2-1-3-9(12)10-7-11(10)15(25)20-13-5-6-22(21-13)8-14(23)24/h1-6,10-11H,7-8H2,(H,23,24)(H,20,21,25)/t10-,11+/m1/s1. The van der Waals surface area contributed by atoms with Gasteiger partial charge in [0.2, 0.25) is 5.91 Å². The van der Waals surface area contributed by atoms with Crippen LogP contribution in [0.4, 0.5) is 19.0 Å². The normalized spacial score (nSPS) is 19.5. The second kappa shape index (κ2) is 6.23. The predicted molar refractivity (Wildman–Crippen MR) is 80.8 cm³/mol. The molecule has 0 saturated heterocycles. The summed E-state index contributed by atoms with van der Waals surface area (Å²) in [6, 6.07) is 6.67. The number of amides is 1. The number of carboxylic acids is 1. The number of rotatable bonds is 5. The number of aliphatic carboxylic acids is 1. The summed E-state index contributed by atoms with van der Waals surface area (Å²) in [5.41, 5.74) is -0.604. The highest BCUT2D eigenvalue weighted by Gasteiger charge is 2.47. The number of hydrogen-bond donors (Lipinski definition) is 2. The van der Waals surface area contributed by atoms with Gasteiger partial charge >= 0.3 is 12.1 Å². The van der Waals surface area contributed by atoms with Gasteiger partial charge in [-0.05, 0) is 24.0 Å². The minimum atomic E-state index is -4.46. The summed E-state index contributed by atoms with van der Waals surface area (Å²) in [5, 5.41) is 15.1. The van der Waals surface area contributed by atoms with Gasteiger partial charge < -0.3 is 10.4 Å². The minimum Gasteiger partial charge on any atom is -0.480 e. The maximum atomic E-state index is 13.1. The molecule has 1 aliphatic rings. The van der Waals surface area contributed by atoms with E-state index >= 15 is 0 Å². The maximum Gasteiger partial charge on any atom is 0.416 e. The van der Waals surface area contributed by atoms with Gasteiger partial charge in [-0.15, -0.1) is 0 Å². The second-order valence-corrected chi connectivity index (χ2v) is 5.82. The van der Waals surface area contributed by atoms with Crippen molar-refractivity contribution in [3.8, 4) is 0 Å². The number of carboxylic acid groups (broad SMARTS) is 1. The van der Waals surface area contributed by atoms with E-state index in [1.807, 2.05) is 0 Å². The van der Waals surface area contributed by atoms with Crippen molar-refractivity contribution in [2.24, 2.45) is 5.92 Å². The zero-order chi connectivity index (χ0) is 18.2. The van der Waals surface area contributed by atoms with Crippen LogP contribution in [0, 0.1) is 5.92 Å². The SMILES string of the molecule is O=C(O)Cn1ccc(NC(=O)[C@H]2C[C@@H]2c2ccccc2C(F)(F)F)n1. The average Bonchev–Trinajstić information content (AvgIpc) is 3.22. The molecule has 9 heteroatoms. The van der Waals surface area contributed by atoms with Gasteiger partial charge in [-0.1, -0.05) is 18.2 Å². The van der Waals surface area contributed by atoms with Crippen molar-refractivity contribution in [1.82, 2.24) is 9.78 Å². The van der Waals surface area contributed by atoms with Crippen molar-refractivity contribution in [2.45, 2.75) is 25.1 Å². The molecule has 0 aliphatic heterocycles. The number of nitrogens with zero attached hydrogens (tertiary/aromatic N) is 2. The molecule has 2 aromatic rings. The van der Waals surface area contributed by atoms with Crippen LogP contribution in [0.3, 0.4) is 0 Å². The zero-order valence-electron chi connectivity index (χ0n) is 12.8. The third-order valence-electron chi connectivity index (χ3n) is 3.98. The molecule has 0 radical (unpaired) electrons. The average molecular weight is 353 g/mol. The highest BCUT2D eigenvalue weighted by Crippen LogP contribution is 2.51. The Balaban J connectivity index is 1.67. The molecule has 25 heavy (non-hydrogen) atoms. The monoisotopic (exact) mass is 353 g/mol. The molecule has 1 aromatic carbocycles. The first-order valence-corrected chi connectivity index (χ1v) is 7.48. The molecule has 1 heterocycles. The number of carbonyl (C=O) groups is 2. The van der Waals surface area contributed by atoms with Crippen molar-refractivity contribution >= 4 is 17.7 Å². The van der Waals surface area contributed by atoms with E-state index in [2.05, 4.69) is 10.4 Å². The van der Waals surface area contributed by atoms with Crippen molar-refractivity contribution < 1.29 is 27.9 Å². The van der Waals surface area contributed by atoms with Crippen molar-refractivity contribution in [2.75, 3.05) is 5.32 Å². The van der Waals surface area contributed by atoms with E-state index < -0.39 is 35.5 Å². The molecule has 1 amide bonds. The fourth-order valence-corrected chi connectivity index (χ4v) is 2.78. The molecular weight excluding hydrogens is 339 g/mol. The largest absolute Gasteiger partial charge is 0.480 e. The van der Waals surface area contributed by atoms with Gasteiger partial charge in [0.05, 0.1) is 5.56 Å². The molecule has 3 rings (SSSR count). The Kier molecular flexibility index (Phi) is 4.23. The number of alkyl halides is 3. The first kappa shape index (κ1) is 17.0. The lowest BCUT2D eigenvalue weighted by Crippen LogP contribution is -2.16. The molecule has 2 N–H and O–H groups in total. The van der Waals surface area contributed by atoms with Crippen LogP contribution in [0.15, 0.2) is 36.5 Å². The molecule has 1 fully saturated rings. The summed E-state index contributed by atoms with van der Waals surface area (Å²) >= 11 is 0. The van der Waals surface area contributed by atoms with Gasteiger partial charge in [-0.25, -0.2) is 0 Å². The number of anilines is 1. The lowest BCUT2D eigenvalue weighted by atomic mass is 10.0. The van der Waals surface area contributed by atoms with Crippen LogP contribution in [0.1, 0.15) is 23.5 Å². The number of nitrogens with one attached hydrogen (secondary N) is 1. The van der Waals surface area contributed by atoms with E-state index in [0.717, 1.165) is 10.7 Å². The van der Waals surface area contributed by atoms with E-state index in [4.69, 9.17) is 5.11 Å². The maximum absolute atomic E-state index is 13.1. The number of halogens is 3. The third-order valence-corrected chi connectivity index (χ3v) is 3.98. The van der Waals surface area contributed by atoms with E-state index in [1.54, 1.807) is 0 Å². The Hall–Kier alpha value is -2.84. The summed E-state index contributed by atoms with van der Waals surface area (Å²) in [6.45, 7) is -0.346. The van der Waals surface area contributed by atoms with E-state index in [1.165, 1.54) is 30.5 Å². The first-order valence-electron chi connectivity index (χ1n) is 7.48. The Morgan fingerprint density at radius 1 is 1.28 bits per heavy atom. The first-order chi connectivity index (χ1) is 11.8. The van der Waals surface area contributed by atoms with Crippen LogP contribution in [0.25, 0.3) is 0 Å². The van der Waals surface area contributed by atoms with Crippen LogP contribution < -0.4 is 5.32 Å². The lowest BCUT2D eigenvalue weighted by molar-refractivity contribution is -0.139. The van der Waals surface area contributed by atoms with Crippen molar-refractivity contribution in [3.63, 3.8) is 0 Å². The van der Waals surface area contributed by atoms with Gasteiger partial charge in [0, 0.05) is 18.2 Å². The summed E-state index contributed by atoms with van der Waals surface area (Å²) < 4.78 is 40.3. The van der Waals surface area contributed by atoms with Crippen LogP contribution in [-0.4, -0.2) is 26.8 Å². The number of aromatic nitrogens is 2. The molecule has 1 aliphatic carbocycles. The highest BCUT2D eigenvalue weighted by atomic mass is 19.4. The zero-order valence-corrected chi connectivity index (χ0v) is 12.8. The second-order valence-electron chi connectivity index (χ2n) is 5.82. The molecule has 2 atom stereocenters. The van der Waals surface area contributed by atoms with Gasteiger partial charge in [0.1, 0.15) is 6.54 Å². The number of benzene rings is 1. The van der Waals surface area contributed by atoms with Crippen LogP contribution in [0.5, 0.6) is 0 Å².